The quantitative estimate of drug-likeness (QED) is 0.140. The molecule has 0 saturated carbocycles. The standard InChI is InChI=1S/C40H70/c1-31(19-13-21-33(3)25-27-37-35(5)23-15-29-39(37,7)8)17-11-12-18-32(2)20-14-22-34(4)26-28-38-36(6)24-16-30-40(38,9)10/h15-16,23-24,29,31-34,37H,11-14,17-22,25-28,30H2,1-10H3/t31-,32+,33-,34+,37?/m0/s1. The minimum Gasteiger partial charge on any atom is -0.0834 e. The van der Waals surface area contributed by atoms with Crippen LogP contribution in [0, 0.1) is 40.4 Å². The maximum absolute atomic E-state index is 2.50. The van der Waals surface area contributed by atoms with Crippen LogP contribution in [-0.4, -0.2) is 0 Å². The fourth-order valence-corrected chi connectivity index (χ4v) is 7.72. The van der Waals surface area contributed by atoms with Crippen molar-refractivity contribution < 1.29 is 0 Å². The van der Waals surface area contributed by atoms with E-state index in [4.69, 9.17) is 0 Å². The average Bonchev–Trinajstić information content (AvgIpc) is 2.85. The van der Waals surface area contributed by atoms with Gasteiger partial charge in [-0.15, -0.1) is 0 Å². The molecule has 0 aliphatic heterocycles. The Bertz CT molecular complexity index is 843. The highest BCUT2D eigenvalue weighted by Crippen LogP contribution is 2.41. The van der Waals surface area contributed by atoms with Gasteiger partial charge in [-0.05, 0) is 80.0 Å². The van der Waals surface area contributed by atoms with Gasteiger partial charge in [0.25, 0.3) is 0 Å². The van der Waals surface area contributed by atoms with Crippen molar-refractivity contribution in [3.8, 4) is 0 Å². The molecule has 0 saturated heterocycles. The lowest BCUT2D eigenvalue weighted by atomic mass is 9.69. The van der Waals surface area contributed by atoms with Gasteiger partial charge in [0.15, 0.2) is 0 Å². The molecule has 0 aromatic rings. The van der Waals surface area contributed by atoms with Crippen molar-refractivity contribution in [2.45, 2.75) is 166 Å². The molecule has 0 heteroatoms. The summed E-state index contributed by atoms with van der Waals surface area (Å²) in [5, 5.41) is 0. The molecular weight excluding hydrogens is 480 g/mol. The summed E-state index contributed by atoms with van der Waals surface area (Å²) in [5.74, 6) is 4.25. The van der Waals surface area contributed by atoms with Crippen LogP contribution in [0.3, 0.4) is 0 Å². The molecule has 1 unspecified atom stereocenters. The van der Waals surface area contributed by atoms with Crippen molar-refractivity contribution >= 4 is 0 Å². The largest absolute Gasteiger partial charge is 0.0834 e. The van der Waals surface area contributed by atoms with Crippen LogP contribution in [-0.2, 0) is 0 Å². The Balaban J connectivity index is 1.48. The second-order valence-electron chi connectivity index (χ2n) is 16.0. The van der Waals surface area contributed by atoms with E-state index in [0.717, 1.165) is 29.6 Å². The first kappa shape index (κ1) is 35.2. The summed E-state index contributed by atoms with van der Waals surface area (Å²) in [4.78, 5) is 0. The first-order valence-corrected chi connectivity index (χ1v) is 17.5. The smallest absolute Gasteiger partial charge is 0.0104 e. The summed E-state index contributed by atoms with van der Waals surface area (Å²) in [5.41, 5.74) is 5.51. The van der Waals surface area contributed by atoms with Gasteiger partial charge in [-0.25, -0.2) is 0 Å². The minimum atomic E-state index is 0.324. The summed E-state index contributed by atoms with van der Waals surface area (Å²) in [6.07, 6.45) is 32.6. The van der Waals surface area contributed by atoms with E-state index < -0.39 is 0 Å². The third-order valence-corrected chi connectivity index (χ3v) is 10.9. The van der Waals surface area contributed by atoms with Crippen LogP contribution < -0.4 is 0 Å². The Morgan fingerprint density at radius 2 is 1.20 bits per heavy atom. The minimum absolute atomic E-state index is 0.324. The molecule has 0 amide bonds. The summed E-state index contributed by atoms with van der Waals surface area (Å²) in [6.45, 7) is 24.3. The Kier molecular flexibility index (Phi) is 15.1. The first-order valence-electron chi connectivity index (χ1n) is 17.5. The molecule has 0 heterocycles. The summed E-state index contributed by atoms with van der Waals surface area (Å²) in [7, 11) is 0. The highest BCUT2D eigenvalue weighted by molar-refractivity contribution is 5.32. The van der Waals surface area contributed by atoms with E-state index in [1.807, 2.05) is 0 Å². The predicted molar refractivity (Wildman–Crippen MR) is 182 cm³/mol. The molecule has 0 radical (unpaired) electrons. The van der Waals surface area contributed by atoms with Crippen molar-refractivity contribution in [2.75, 3.05) is 0 Å². The van der Waals surface area contributed by atoms with Gasteiger partial charge in [0.1, 0.15) is 0 Å². The highest BCUT2D eigenvalue weighted by atomic mass is 14.3. The van der Waals surface area contributed by atoms with Crippen LogP contribution in [0.2, 0.25) is 0 Å². The molecule has 2 rings (SSSR count). The highest BCUT2D eigenvalue weighted by Gasteiger charge is 2.30. The Morgan fingerprint density at radius 3 is 1.73 bits per heavy atom. The van der Waals surface area contributed by atoms with Crippen molar-refractivity contribution in [3.63, 3.8) is 0 Å². The van der Waals surface area contributed by atoms with Crippen molar-refractivity contribution in [1.82, 2.24) is 0 Å². The van der Waals surface area contributed by atoms with E-state index >= 15 is 0 Å². The van der Waals surface area contributed by atoms with Crippen LogP contribution >= 0.6 is 0 Å². The molecule has 0 aromatic heterocycles. The zero-order valence-electron chi connectivity index (χ0n) is 28.9. The number of allylic oxidation sites excluding steroid dienone is 8. The molecule has 40 heavy (non-hydrogen) atoms. The molecule has 0 bridgehead atoms. The van der Waals surface area contributed by atoms with Crippen molar-refractivity contribution in [1.29, 1.82) is 0 Å². The van der Waals surface area contributed by atoms with Gasteiger partial charge < -0.3 is 0 Å². The lowest BCUT2D eigenvalue weighted by molar-refractivity contribution is 0.277. The average molecular weight is 551 g/mol. The second kappa shape index (κ2) is 17.2. The van der Waals surface area contributed by atoms with Crippen LogP contribution in [0.25, 0.3) is 0 Å². The molecule has 0 nitrogen and oxygen atoms in total. The fraction of sp³-hybridized carbons (Fsp3) is 0.800. The lowest BCUT2D eigenvalue weighted by Gasteiger charge is -2.35. The molecule has 0 fully saturated rings. The number of hydrogen-bond donors (Lipinski definition) is 0. The van der Waals surface area contributed by atoms with Crippen LogP contribution in [0.15, 0.2) is 47.1 Å². The number of unbranched alkanes of at least 4 members (excludes halogenated alkanes) is 1. The molecule has 5 atom stereocenters. The summed E-state index contributed by atoms with van der Waals surface area (Å²) in [6, 6.07) is 0. The van der Waals surface area contributed by atoms with Crippen LogP contribution in [0.1, 0.15) is 166 Å². The molecule has 2 aliphatic rings. The monoisotopic (exact) mass is 551 g/mol. The predicted octanol–water partition coefficient (Wildman–Crippen LogP) is 13.5. The van der Waals surface area contributed by atoms with Gasteiger partial charge in [-0.1, -0.05) is 173 Å². The maximum atomic E-state index is 2.50. The molecule has 0 spiro atoms. The Morgan fingerprint density at radius 1 is 0.700 bits per heavy atom. The Hall–Kier alpha value is -1.04. The number of hydrogen-bond acceptors (Lipinski definition) is 0. The van der Waals surface area contributed by atoms with E-state index in [1.165, 1.54) is 102 Å². The van der Waals surface area contributed by atoms with Crippen LogP contribution in [0.5, 0.6) is 0 Å². The van der Waals surface area contributed by atoms with E-state index in [1.54, 1.807) is 11.1 Å². The zero-order valence-corrected chi connectivity index (χ0v) is 28.9. The van der Waals surface area contributed by atoms with Crippen molar-refractivity contribution in [3.05, 3.63) is 47.1 Å². The van der Waals surface area contributed by atoms with Gasteiger partial charge in [0, 0.05) is 0 Å². The van der Waals surface area contributed by atoms with Crippen molar-refractivity contribution in [2.24, 2.45) is 40.4 Å². The van der Waals surface area contributed by atoms with Gasteiger partial charge in [0.2, 0.25) is 0 Å². The normalized spacial score (nSPS) is 23.1. The molecule has 230 valence electrons. The van der Waals surface area contributed by atoms with Gasteiger partial charge >= 0.3 is 0 Å². The third-order valence-electron chi connectivity index (χ3n) is 10.9. The molecular formula is C40H70. The molecule has 0 N–H and O–H groups in total. The van der Waals surface area contributed by atoms with Gasteiger partial charge in [-0.2, -0.15) is 0 Å². The maximum Gasteiger partial charge on any atom is -0.0104 e. The van der Waals surface area contributed by atoms with E-state index in [2.05, 4.69) is 99.6 Å². The fourth-order valence-electron chi connectivity index (χ4n) is 7.72. The second-order valence-corrected chi connectivity index (χ2v) is 16.0. The van der Waals surface area contributed by atoms with E-state index in [9.17, 15) is 0 Å². The SMILES string of the molecule is CC1=CC=CC(C)(C)C1CC[C@@H](C)CCC[C@@H](C)CCCC[C@@H](C)CCC[C@@H](C)CCC1=C(C)C=CCC1(C)C. The van der Waals surface area contributed by atoms with E-state index in [0.29, 0.717) is 10.8 Å². The summed E-state index contributed by atoms with van der Waals surface area (Å²) >= 11 is 0. The van der Waals surface area contributed by atoms with Gasteiger partial charge in [-0.3, -0.25) is 0 Å². The topological polar surface area (TPSA) is 0 Å². The molecule has 2 aliphatic carbocycles. The zero-order chi connectivity index (χ0) is 29.8. The summed E-state index contributed by atoms with van der Waals surface area (Å²) < 4.78 is 0. The van der Waals surface area contributed by atoms with Crippen LogP contribution in [0.4, 0.5) is 0 Å². The number of rotatable bonds is 19. The van der Waals surface area contributed by atoms with E-state index in [-0.39, 0.29) is 0 Å². The first-order chi connectivity index (χ1) is 18.8. The lowest BCUT2D eigenvalue weighted by Crippen LogP contribution is -2.25. The third kappa shape index (κ3) is 12.4. The molecule has 0 aromatic carbocycles. The van der Waals surface area contributed by atoms with Gasteiger partial charge in [0.05, 0.1) is 0 Å². The Labute approximate surface area is 252 Å².